The second-order valence-electron chi connectivity index (χ2n) is 7.41. The third-order valence-corrected chi connectivity index (χ3v) is 5.71. The molecule has 0 aliphatic carbocycles. The predicted molar refractivity (Wildman–Crippen MR) is 137 cm³/mol. The van der Waals surface area contributed by atoms with E-state index >= 15 is 0 Å². The Morgan fingerprint density at radius 2 is 1.30 bits per heavy atom. The van der Waals surface area contributed by atoms with Crippen LogP contribution in [0.4, 0.5) is 17.3 Å². The van der Waals surface area contributed by atoms with E-state index in [9.17, 15) is 19.2 Å². The zero-order chi connectivity index (χ0) is 26.8. The molecule has 0 fully saturated rings. The molecule has 2 aromatic carbocycles. The minimum Gasteiger partial charge on any atom is -0.462 e. The summed E-state index contributed by atoms with van der Waals surface area (Å²) in [6.07, 6.45) is 0. The van der Waals surface area contributed by atoms with Crippen LogP contribution in [0.2, 0.25) is 0 Å². The van der Waals surface area contributed by atoms with Gasteiger partial charge in [0.1, 0.15) is 6.54 Å². The van der Waals surface area contributed by atoms with Gasteiger partial charge < -0.3 is 25.8 Å². The lowest BCUT2D eigenvalue weighted by Crippen LogP contribution is -2.21. The zero-order valence-corrected chi connectivity index (χ0v) is 21.0. The standard InChI is InChI=1S/C24H26N6O6S/c1-3-35-21(33)15-5-9-17(10-6-15)26-19(31)13-30-23(25)28-29-24(30)37-14-20(32)27-18-11-7-16(8-12-18)22(34)36-4-2/h5-12H,3-4,13-14H2,1-2H3,(H2,25,28)(H,26,31)(H,27,32). The van der Waals surface area contributed by atoms with Crippen molar-refractivity contribution >= 4 is 52.8 Å². The molecule has 0 aliphatic rings. The van der Waals surface area contributed by atoms with Crippen molar-refractivity contribution in [1.82, 2.24) is 14.8 Å². The fourth-order valence-electron chi connectivity index (χ4n) is 3.03. The molecule has 0 saturated heterocycles. The average molecular weight is 527 g/mol. The summed E-state index contributed by atoms with van der Waals surface area (Å²) >= 11 is 1.06. The van der Waals surface area contributed by atoms with E-state index in [0.29, 0.717) is 22.5 Å². The molecule has 1 aromatic heterocycles. The van der Waals surface area contributed by atoms with Gasteiger partial charge in [-0.3, -0.25) is 14.2 Å². The first-order valence-electron chi connectivity index (χ1n) is 11.3. The maximum absolute atomic E-state index is 12.5. The van der Waals surface area contributed by atoms with Gasteiger partial charge in [-0.25, -0.2) is 9.59 Å². The number of nitrogens with two attached hydrogens (primary N) is 1. The fraction of sp³-hybridized carbons (Fsp3) is 0.250. The summed E-state index contributed by atoms with van der Waals surface area (Å²) in [6, 6.07) is 12.6. The van der Waals surface area contributed by atoms with Crippen molar-refractivity contribution in [3.8, 4) is 0 Å². The Balaban J connectivity index is 1.53. The lowest BCUT2D eigenvalue weighted by atomic mass is 10.2. The third-order valence-electron chi connectivity index (χ3n) is 4.74. The van der Waals surface area contributed by atoms with E-state index in [1.54, 1.807) is 62.4 Å². The lowest BCUT2D eigenvalue weighted by Gasteiger charge is -2.10. The number of anilines is 3. The summed E-state index contributed by atoms with van der Waals surface area (Å²) in [5.74, 6) is -1.61. The van der Waals surface area contributed by atoms with Crippen LogP contribution in [0.5, 0.6) is 0 Å². The van der Waals surface area contributed by atoms with Gasteiger partial charge in [0.2, 0.25) is 17.8 Å². The molecule has 1 heterocycles. The van der Waals surface area contributed by atoms with Crippen LogP contribution in [0, 0.1) is 0 Å². The summed E-state index contributed by atoms with van der Waals surface area (Å²) in [5.41, 5.74) is 7.60. The number of aromatic nitrogens is 3. The van der Waals surface area contributed by atoms with Crippen molar-refractivity contribution in [3.05, 3.63) is 59.7 Å². The van der Waals surface area contributed by atoms with Crippen molar-refractivity contribution < 1.29 is 28.7 Å². The molecule has 0 bridgehead atoms. The third kappa shape index (κ3) is 7.80. The van der Waals surface area contributed by atoms with Gasteiger partial charge in [0, 0.05) is 11.4 Å². The Hall–Kier alpha value is -4.39. The minimum atomic E-state index is -0.447. The van der Waals surface area contributed by atoms with Crippen LogP contribution in [-0.2, 0) is 25.6 Å². The van der Waals surface area contributed by atoms with Crippen molar-refractivity contribution in [3.63, 3.8) is 0 Å². The second kappa shape index (κ2) is 13.1. The van der Waals surface area contributed by atoms with E-state index in [-0.39, 0.29) is 42.5 Å². The number of thioether (sulfide) groups is 1. The number of amides is 2. The van der Waals surface area contributed by atoms with Gasteiger partial charge in [-0.2, -0.15) is 0 Å². The number of carbonyl (C=O) groups is 4. The summed E-state index contributed by atoms with van der Waals surface area (Å²) in [4.78, 5) is 48.4. The molecule has 2 amide bonds. The van der Waals surface area contributed by atoms with Gasteiger partial charge >= 0.3 is 11.9 Å². The largest absolute Gasteiger partial charge is 0.462 e. The number of ether oxygens (including phenoxy) is 2. The highest BCUT2D eigenvalue weighted by atomic mass is 32.2. The highest BCUT2D eigenvalue weighted by molar-refractivity contribution is 7.99. The first-order valence-corrected chi connectivity index (χ1v) is 12.2. The molecule has 0 radical (unpaired) electrons. The van der Waals surface area contributed by atoms with E-state index < -0.39 is 17.8 Å². The van der Waals surface area contributed by atoms with Gasteiger partial charge in [-0.15, -0.1) is 10.2 Å². The molecule has 13 heteroatoms. The van der Waals surface area contributed by atoms with E-state index in [0.717, 1.165) is 11.8 Å². The minimum absolute atomic E-state index is 0.0188. The van der Waals surface area contributed by atoms with Crippen molar-refractivity contribution in [1.29, 1.82) is 0 Å². The summed E-state index contributed by atoms with van der Waals surface area (Å²) in [6.45, 7) is 3.80. The highest BCUT2D eigenvalue weighted by Gasteiger charge is 2.16. The Kier molecular flexibility index (Phi) is 9.61. The molecule has 3 aromatic rings. The summed E-state index contributed by atoms with van der Waals surface area (Å²) in [7, 11) is 0. The molecular formula is C24H26N6O6S. The highest BCUT2D eigenvalue weighted by Crippen LogP contribution is 2.19. The second-order valence-corrected chi connectivity index (χ2v) is 8.35. The Morgan fingerprint density at radius 1 is 0.811 bits per heavy atom. The maximum Gasteiger partial charge on any atom is 0.338 e. The quantitative estimate of drug-likeness (QED) is 0.249. The Labute approximate surface area is 216 Å². The smallest absolute Gasteiger partial charge is 0.338 e. The van der Waals surface area contributed by atoms with Gasteiger partial charge in [-0.05, 0) is 62.4 Å². The first kappa shape index (κ1) is 27.2. The van der Waals surface area contributed by atoms with Crippen LogP contribution in [0.1, 0.15) is 34.6 Å². The maximum atomic E-state index is 12.5. The zero-order valence-electron chi connectivity index (χ0n) is 20.2. The van der Waals surface area contributed by atoms with E-state index in [2.05, 4.69) is 20.8 Å². The number of esters is 2. The molecule has 3 rings (SSSR count). The van der Waals surface area contributed by atoms with E-state index in [4.69, 9.17) is 15.2 Å². The number of nitrogen functional groups attached to an aromatic ring is 1. The van der Waals surface area contributed by atoms with Gasteiger partial charge in [0.25, 0.3) is 0 Å². The number of benzene rings is 2. The SMILES string of the molecule is CCOC(=O)c1ccc(NC(=O)CSc2nnc(N)n2CC(=O)Nc2ccc(C(=O)OCC)cc2)cc1. The topological polar surface area (TPSA) is 168 Å². The number of carbonyl (C=O) groups excluding carboxylic acids is 4. The molecule has 0 saturated carbocycles. The van der Waals surface area contributed by atoms with E-state index in [1.807, 2.05) is 0 Å². The predicted octanol–water partition coefficient (Wildman–Crippen LogP) is 2.58. The molecule has 37 heavy (non-hydrogen) atoms. The lowest BCUT2D eigenvalue weighted by molar-refractivity contribution is -0.117. The van der Waals surface area contributed by atoms with Gasteiger partial charge in [0.05, 0.1) is 30.1 Å². The first-order chi connectivity index (χ1) is 17.8. The molecule has 4 N–H and O–H groups in total. The van der Waals surface area contributed by atoms with Gasteiger partial charge in [0.15, 0.2) is 5.16 Å². The van der Waals surface area contributed by atoms with Crippen molar-refractivity contribution in [2.45, 2.75) is 25.5 Å². The van der Waals surface area contributed by atoms with Gasteiger partial charge in [-0.1, -0.05) is 11.8 Å². The molecule has 0 unspecified atom stereocenters. The number of nitrogens with zero attached hydrogens (tertiary/aromatic N) is 3. The molecule has 194 valence electrons. The van der Waals surface area contributed by atoms with E-state index in [1.165, 1.54) is 4.57 Å². The van der Waals surface area contributed by atoms with Crippen LogP contribution in [0.3, 0.4) is 0 Å². The van der Waals surface area contributed by atoms with Crippen molar-refractivity contribution in [2.24, 2.45) is 0 Å². The van der Waals surface area contributed by atoms with Crippen LogP contribution < -0.4 is 16.4 Å². The molecule has 0 spiro atoms. The molecule has 0 aliphatic heterocycles. The number of rotatable bonds is 11. The van der Waals surface area contributed by atoms with Crippen molar-refractivity contribution in [2.75, 3.05) is 35.3 Å². The van der Waals surface area contributed by atoms with Crippen LogP contribution in [-0.4, -0.2) is 57.5 Å². The number of hydrogen-bond acceptors (Lipinski definition) is 10. The number of nitrogens with one attached hydrogen (secondary N) is 2. The average Bonchev–Trinajstić information content (AvgIpc) is 3.22. The monoisotopic (exact) mass is 526 g/mol. The molecule has 12 nitrogen and oxygen atoms in total. The Bertz CT molecular complexity index is 1260. The van der Waals surface area contributed by atoms with Crippen LogP contribution in [0.15, 0.2) is 53.7 Å². The normalized spacial score (nSPS) is 10.4. The molecular weight excluding hydrogens is 500 g/mol. The fourth-order valence-corrected chi connectivity index (χ4v) is 3.78. The summed E-state index contributed by atoms with van der Waals surface area (Å²) < 4.78 is 11.2. The number of hydrogen-bond donors (Lipinski definition) is 3. The summed E-state index contributed by atoms with van der Waals surface area (Å²) in [5, 5.41) is 13.4. The van der Waals surface area contributed by atoms with Crippen LogP contribution >= 0.6 is 11.8 Å². The Morgan fingerprint density at radius 3 is 1.78 bits per heavy atom. The van der Waals surface area contributed by atoms with Crippen LogP contribution in [0.25, 0.3) is 0 Å². The molecule has 0 atom stereocenters.